The van der Waals surface area contributed by atoms with Gasteiger partial charge in [-0.25, -0.2) is 4.98 Å². The van der Waals surface area contributed by atoms with Crippen LogP contribution in [0.4, 0.5) is 0 Å². The quantitative estimate of drug-likeness (QED) is 0.786. The number of carboxylic acids is 1. The lowest BCUT2D eigenvalue weighted by molar-refractivity contribution is -0.137. The smallest absolute Gasteiger partial charge is 0.305 e. The number of carboxylic acid groups (broad SMARTS) is 1. The first-order valence-electron chi connectivity index (χ1n) is 7.04. The van der Waals surface area contributed by atoms with Crippen LogP contribution >= 0.6 is 11.6 Å². The van der Waals surface area contributed by atoms with Crippen LogP contribution in [0.15, 0.2) is 12.1 Å². The van der Waals surface area contributed by atoms with E-state index >= 15 is 0 Å². The number of rotatable bonds is 7. The predicted molar refractivity (Wildman–Crippen MR) is 81.7 cm³/mol. The van der Waals surface area contributed by atoms with Crippen LogP contribution in [0.25, 0.3) is 0 Å². The van der Waals surface area contributed by atoms with Crippen molar-refractivity contribution in [2.24, 2.45) is 0 Å². The van der Waals surface area contributed by atoms with Gasteiger partial charge in [0.05, 0.1) is 6.42 Å². The van der Waals surface area contributed by atoms with Crippen LogP contribution in [-0.4, -0.2) is 39.5 Å². The number of pyridine rings is 1. The van der Waals surface area contributed by atoms with E-state index in [-0.39, 0.29) is 30.1 Å². The van der Waals surface area contributed by atoms with E-state index < -0.39 is 5.97 Å². The molecular formula is C15H21ClN2O3. The molecule has 0 aliphatic heterocycles. The van der Waals surface area contributed by atoms with E-state index in [1.54, 1.807) is 6.07 Å². The molecule has 0 aliphatic carbocycles. The van der Waals surface area contributed by atoms with Gasteiger partial charge in [-0.1, -0.05) is 24.9 Å². The van der Waals surface area contributed by atoms with Gasteiger partial charge in [-0.2, -0.15) is 0 Å². The Balaban J connectivity index is 2.99. The van der Waals surface area contributed by atoms with Crippen molar-refractivity contribution in [3.8, 4) is 0 Å². The molecule has 1 aromatic rings. The molecule has 116 valence electrons. The Morgan fingerprint density at radius 2 is 2.05 bits per heavy atom. The standard InChI is InChI=1S/C15H21ClN2O3/c1-4-5-12-8-11(9-13(16)17-12)15(21)18(10(2)3)7-6-14(19)20/h8-10H,4-7H2,1-3H3,(H,19,20). The number of aromatic nitrogens is 1. The van der Waals surface area contributed by atoms with Crippen LogP contribution in [0.3, 0.4) is 0 Å². The molecule has 0 fully saturated rings. The first-order valence-corrected chi connectivity index (χ1v) is 7.42. The summed E-state index contributed by atoms with van der Waals surface area (Å²) in [6, 6.07) is 3.17. The largest absolute Gasteiger partial charge is 0.481 e. The van der Waals surface area contributed by atoms with Gasteiger partial charge in [0.2, 0.25) is 0 Å². The van der Waals surface area contributed by atoms with Crippen molar-refractivity contribution in [1.29, 1.82) is 0 Å². The summed E-state index contributed by atoms with van der Waals surface area (Å²) in [4.78, 5) is 29.0. The maximum Gasteiger partial charge on any atom is 0.305 e. The van der Waals surface area contributed by atoms with Crippen LogP contribution in [0, 0.1) is 0 Å². The van der Waals surface area contributed by atoms with E-state index in [0.29, 0.717) is 5.56 Å². The topological polar surface area (TPSA) is 70.5 Å². The third-order valence-electron chi connectivity index (χ3n) is 3.05. The molecule has 0 unspecified atom stereocenters. The van der Waals surface area contributed by atoms with Gasteiger partial charge in [-0.15, -0.1) is 0 Å². The first-order chi connectivity index (χ1) is 9.85. The molecule has 0 atom stereocenters. The molecule has 0 saturated heterocycles. The monoisotopic (exact) mass is 312 g/mol. The van der Waals surface area contributed by atoms with E-state index in [1.165, 1.54) is 11.0 Å². The number of amides is 1. The molecule has 1 amide bonds. The Bertz CT molecular complexity index is 518. The van der Waals surface area contributed by atoms with Gasteiger partial charge < -0.3 is 10.0 Å². The zero-order valence-electron chi connectivity index (χ0n) is 12.6. The van der Waals surface area contributed by atoms with Crippen LogP contribution in [0.1, 0.15) is 49.7 Å². The Hall–Kier alpha value is -1.62. The average molecular weight is 313 g/mol. The molecule has 0 aromatic carbocycles. The van der Waals surface area contributed by atoms with Crippen molar-refractivity contribution >= 4 is 23.5 Å². The minimum absolute atomic E-state index is 0.0788. The third-order valence-corrected chi connectivity index (χ3v) is 3.24. The molecule has 21 heavy (non-hydrogen) atoms. The normalized spacial score (nSPS) is 10.7. The van der Waals surface area contributed by atoms with Gasteiger partial charge in [-0.3, -0.25) is 9.59 Å². The number of nitrogens with zero attached hydrogens (tertiary/aromatic N) is 2. The maximum absolute atomic E-state index is 12.6. The van der Waals surface area contributed by atoms with Crippen LogP contribution in [0.5, 0.6) is 0 Å². The van der Waals surface area contributed by atoms with E-state index in [2.05, 4.69) is 4.98 Å². The van der Waals surface area contributed by atoms with Crippen molar-refractivity contribution < 1.29 is 14.7 Å². The molecule has 1 aromatic heterocycles. The highest BCUT2D eigenvalue weighted by Crippen LogP contribution is 2.16. The van der Waals surface area contributed by atoms with Gasteiger partial charge in [0.15, 0.2) is 0 Å². The Morgan fingerprint density at radius 1 is 1.38 bits per heavy atom. The maximum atomic E-state index is 12.6. The number of halogens is 1. The van der Waals surface area contributed by atoms with Crippen LogP contribution in [-0.2, 0) is 11.2 Å². The lowest BCUT2D eigenvalue weighted by Crippen LogP contribution is -2.38. The van der Waals surface area contributed by atoms with E-state index in [1.807, 2.05) is 20.8 Å². The molecular weight excluding hydrogens is 292 g/mol. The fourth-order valence-electron chi connectivity index (χ4n) is 2.04. The zero-order chi connectivity index (χ0) is 16.0. The lowest BCUT2D eigenvalue weighted by Gasteiger charge is -2.26. The molecule has 1 N–H and O–H groups in total. The summed E-state index contributed by atoms with van der Waals surface area (Å²) in [5, 5.41) is 9.07. The highest BCUT2D eigenvalue weighted by Gasteiger charge is 2.20. The summed E-state index contributed by atoms with van der Waals surface area (Å²) in [6.07, 6.45) is 1.58. The number of hydrogen-bond donors (Lipinski definition) is 1. The van der Waals surface area contributed by atoms with Gasteiger partial charge in [0.1, 0.15) is 5.15 Å². The number of carbonyl (C=O) groups excluding carboxylic acids is 1. The van der Waals surface area contributed by atoms with Gasteiger partial charge in [0, 0.05) is 23.8 Å². The second-order valence-electron chi connectivity index (χ2n) is 5.16. The number of aliphatic carboxylic acids is 1. The zero-order valence-corrected chi connectivity index (χ0v) is 13.4. The molecule has 5 nitrogen and oxygen atoms in total. The van der Waals surface area contributed by atoms with Crippen molar-refractivity contribution in [2.45, 2.75) is 46.1 Å². The van der Waals surface area contributed by atoms with Gasteiger partial charge in [0.25, 0.3) is 5.91 Å². The second kappa shape index (κ2) is 7.98. The number of hydrogen-bond acceptors (Lipinski definition) is 3. The minimum Gasteiger partial charge on any atom is -0.481 e. The molecule has 6 heteroatoms. The Labute approximate surface area is 129 Å². The predicted octanol–water partition coefficient (Wildman–Crippen LogP) is 3.01. The van der Waals surface area contributed by atoms with E-state index in [9.17, 15) is 9.59 Å². The summed E-state index contributed by atoms with van der Waals surface area (Å²) in [5.74, 6) is -1.14. The molecule has 1 rings (SSSR count). The molecule has 1 heterocycles. The fraction of sp³-hybridized carbons (Fsp3) is 0.533. The Kier molecular flexibility index (Phi) is 6.62. The summed E-state index contributed by atoms with van der Waals surface area (Å²) < 4.78 is 0. The summed E-state index contributed by atoms with van der Waals surface area (Å²) in [6.45, 7) is 5.91. The minimum atomic E-state index is -0.923. The average Bonchev–Trinajstić information content (AvgIpc) is 2.37. The molecule has 0 radical (unpaired) electrons. The summed E-state index contributed by atoms with van der Waals surface area (Å²) in [7, 11) is 0. The SMILES string of the molecule is CCCc1cc(C(=O)N(CCC(=O)O)C(C)C)cc(Cl)n1. The fourth-order valence-corrected chi connectivity index (χ4v) is 2.26. The lowest BCUT2D eigenvalue weighted by atomic mass is 10.1. The highest BCUT2D eigenvalue weighted by molar-refractivity contribution is 6.29. The summed E-state index contributed by atoms with van der Waals surface area (Å²) >= 11 is 5.97. The van der Waals surface area contributed by atoms with Gasteiger partial charge >= 0.3 is 5.97 Å². The number of carbonyl (C=O) groups is 2. The Morgan fingerprint density at radius 3 is 2.57 bits per heavy atom. The van der Waals surface area contributed by atoms with Crippen molar-refractivity contribution in [3.05, 3.63) is 28.5 Å². The third kappa shape index (κ3) is 5.34. The van der Waals surface area contributed by atoms with Crippen molar-refractivity contribution in [3.63, 3.8) is 0 Å². The molecule has 0 saturated carbocycles. The van der Waals surface area contributed by atoms with Crippen molar-refractivity contribution in [2.75, 3.05) is 6.54 Å². The van der Waals surface area contributed by atoms with E-state index in [4.69, 9.17) is 16.7 Å². The van der Waals surface area contributed by atoms with Crippen LogP contribution in [0.2, 0.25) is 5.15 Å². The van der Waals surface area contributed by atoms with Crippen LogP contribution < -0.4 is 0 Å². The second-order valence-corrected chi connectivity index (χ2v) is 5.54. The van der Waals surface area contributed by atoms with E-state index in [0.717, 1.165) is 18.5 Å². The molecule has 0 aliphatic rings. The number of aryl methyl sites for hydroxylation is 1. The van der Waals surface area contributed by atoms with Gasteiger partial charge in [-0.05, 0) is 32.4 Å². The van der Waals surface area contributed by atoms with Crippen molar-refractivity contribution in [1.82, 2.24) is 9.88 Å². The summed E-state index contributed by atoms with van der Waals surface area (Å²) in [5.41, 5.74) is 1.23. The molecule has 0 bridgehead atoms. The first kappa shape index (κ1) is 17.4. The highest BCUT2D eigenvalue weighted by atomic mass is 35.5. The molecule has 0 spiro atoms.